The molecular weight excluding hydrogens is 376 g/mol. The van der Waals surface area contributed by atoms with Gasteiger partial charge in [0.1, 0.15) is 6.10 Å². The van der Waals surface area contributed by atoms with Gasteiger partial charge in [-0.2, -0.15) is 0 Å². The molecule has 1 heterocycles. The number of aliphatic carboxylic acids is 1. The number of fused-ring (bicyclic) bond motifs is 1. The van der Waals surface area contributed by atoms with Gasteiger partial charge in [-0.25, -0.2) is 0 Å². The maximum absolute atomic E-state index is 10.5. The van der Waals surface area contributed by atoms with E-state index in [1.165, 1.54) is 0 Å². The molecule has 29 heavy (non-hydrogen) atoms. The van der Waals surface area contributed by atoms with Crippen LogP contribution in [0.2, 0.25) is 0 Å². The summed E-state index contributed by atoms with van der Waals surface area (Å²) in [7, 11) is 0. The molecule has 0 spiro atoms. The van der Waals surface area contributed by atoms with Crippen LogP contribution in [0.3, 0.4) is 0 Å². The number of carboxylic acids is 1. The van der Waals surface area contributed by atoms with Crippen molar-refractivity contribution in [1.29, 1.82) is 0 Å². The predicted octanol–water partition coefficient (Wildman–Crippen LogP) is 2.48. The Kier molecular flexibility index (Phi) is 7.52. The Morgan fingerprint density at radius 1 is 1.07 bits per heavy atom. The lowest BCUT2D eigenvalue weighted by Gasteiger charge is -2.21. The summed E-state index contributed by atoms with van der Waals surface area (Å²) in [5.41, 5.74) is 0. The highest BCUT2D eigenvalue weighted by Gasteiger charge is 2.40. The number of para-hydroxylation sites is 2. The van der Waals surface area contributed by atoms with Gasteiger partial charge in [0.2, 0.25) is 0 Å². The molecule has 0 aromatic heterocycles. The van der Waals surface area contributed by atoms with Gasteiger partial charge in [-0.3, -0.25) is 4.79 Å². The van der Waals surface area contributed by atoms with Crippen molar-refractivity contribution in [3.63, 3.8) is 0 Å². The monoisotopic (exact) mass is 406 g/mol. The third kappa shape index (κ3) is 5.72. The van der Waals surface area contributed by atoms with Gasteiger partial charge in [-0.05, 0) is 30.9 Å². The zero-order valence-corrected chi connectivity index (χ0v) is 16.4. The molecule has 7 heteroatoms. The Hall–Kier alpha value is -2.09. The first kappa shape index (κ1) is 21.6. The molecule has 1 fully saturated rings. The van der Waals surface area contributed by atoms with Crippen LogP contribution in [0.1, 0.15) is 44.9 Å². The van der Waals surface area contributed by atoms with E-state index >= 15 is 0 Å². The lowest BCUT2D eigenvalue weighted by molar-refractivity contribution is -0.137. The molecule has 3 rings (SSSR count). The summed E-state index contributed by atoms with van der Waals surface area (Å²) in [6, 6.07) is 7.20. The van der Waals surface area contributed by atoms with E-state index in [1.54, 1.807) is 24.3 Å². The van der Waals surface area contributed by atoms with E-state index in [4.69, 9.17) is 14.6 Å². The van der Waals surface area contributed by atoms with E-state index < -0.39 is 30.6 Å². The molecule has 160 valence electrons. The summed E-state index contributed by atoms with van der Waals surface area (Å²) in [5.74, 6) is 0.0588. The van der Waals surface area contributed by atoms with E-state index in [9.17, 15) is 20.1 Å². The van der Waals surface area contributed by atoms with Gasteiger partial charge >= 0.3 is 5.97 Å². The maximum Gasteiger partial charge on any atom is 0.303 e. The highest BCUT2D eigenvalue weighted by atomic mass is 16.7. The minimum Gasteiger partial charge on any atom is -0.481 e. The van der Waals surface area contributed by atoms with Crippen molar-refractivity contribution in [3.8, 4) is 11.5 Å². The highest BCUT2D eigenvalue weighted by Crippen LogP contribution is 2.38. The SMILES string of the molecule is O=C(O)CCCCCC[C@@H]1[C@@H](/C=C/[C@@H](O)C2Oc3ccccc3O2)[C@H](O)C[C@@H]1O. The number of hydrogen-bond donors (Lipinski definition) is 4. The molecule has 0 radical (unpaired) electrons. The number of aliphatic hydroxyl groups is 3. The summed E-state index contributed by atoms with van der Waals surface area (Å²) in [4.78, 5) is 10.5. The Morgan fingerprint density at radius 3 is 2.38 bits per heavy atom. The number of carbonyl (C=O) groups is 1. The third-order valence-corrected chi connectivity index (χ3v) is 5.74. The quantitative estimate of drug-likeness (QED) is 0.348. The van der Waals surface area contributed by atoms with Crippen LogP contribution in [0.4, 0.5) is 0 Å². The van der Waals surface area contributed by atoms with Crippen LogP contribution in [0, 0.1) is 11.8 Å². The molecule has 1 aliphatic carbocycles. The number of aliphatic hydroxyl groups excluding tert-OH is 3. The molecule has 4 N–H and O–H groups in total. The van der Waals surface area contributed by atoms with Crippen molar-refractivity contribution in [2.24, 2.45) is 11.8 Å². The molecule has 1 aromatic rings. The minimum absolute atomic E-state index is 0.0875. The summed E-state index contributed by atoms with van der Waals surface area (Å²) >= 11 is 0. The molecule has 1 aliphatic heterocycles. The van der Waals surface area contributed by atoms with Gasteiger partial charge in [-0.15, -0.1) is 0 Å². The second-order valence-electron chi connectivity index (χ2n) is 7.88. The van der Waals surface area contributed by atoms with E-state index in [2.05, 4.69) is 0 Å². The number of rotatable bonds is 10. The topological polar surface area (TPSA) is 116 Å². The van der Waals surface area contributed by atoms with Gasteiger partial charge in [0.25, 0.3) is 6.29 Å². The van der Waals surface area contributed by atoms with Crippen molar-refractivity contribution in [3.05, 3.63) is 36.4 Å². The zero-order valence-electron chi connectivity index (χ0n) is 16.4. The first-order valence-electron chi connectivity index (χ1n) is 10.3. The van der Waals surface area contributed by atoms with Crippen molar-refractivity contribution in [2.75, 3.05) is 0 Å². The van der Waals surface area contributed by atoms with Crippen molar-refractivity contribution in [2.45, 2.75) is 69.5 Å². The lowest BCUT2D eigenvalue weighted by Crippen LogP contribution is -2.32. The average Bonchev–Trinajstić information content (AvgIpc) is 3.23. The number of hydrogen-bond acceptors (Lipinski definition) is 6. The molecule has 5 atom stereocenters. The molecule has 7 nitrogen and oxygen atoms in total. The van der Waals surface area contributed by atoms with Crippen LogP contribution in [0.5, 0.6) is 11.5 Å². The fourth-order valence-corrected chi connectivity index (χ4v) is 4.18. The van der Waals surface area contributed by atoms with Gasteiger partial charge in [-0.1, -0.05) is 43.5 Å². The summed E-state index contributed by atoms with van der Waals surface area (Å²) in [6.07, 6.45) is 4.77. The summed E-state index contributed by atoms with van der Waals surface area (Å²) in [5, 5.41) is 39.7. The van der Waals surface area contributed by atoms with Crippen LogP contribution in [0.15, 0.2) is 36.4 Å². The van der Waals surface area contributed by atoms with Crippen LogP contribution < -0.4 is 9.47 Å². The van der Waals surface area contributed by atoms with Gasteiger partial charge in [0, 0.05) is 18.8 Å². The minimum atomic E-state index is -0.996. The highest BCUT2D eigenvalue weighted by molar-refractivity contribution is 5.66. The maximum atomic E-state index is 10.5. The summed E-state index contributed by atoms with van der Waals surface area (Å²) in [6.45, 7) is 0. The first-order valence-corrected chi connectivity index (χ1v) is 10.3. The molecule has 0 amide bonds. The Morgan fingerprint density at radius 2 is 1.72 bits per heavy atom. The van der Waals surface area contributed by atoms with Crippen LogP contribution >= 0.6 is 0 Å². The van der Waals surface area contributed by atoms with E-state index in [-0.39, 0.29) is 18.3 Å². The van der Waals surface area contributed by atoms with Crippen molar-refractivity contribution < 1.29 is 34.7 Å². The fourth-order valence-electron chi connectivity index (χ4n) is 4.18. The van der Waals surface area contributed by atoms with Gasteiger partial charge < -0.3 is 29.9 Å². The smallest absolute Gasteiger partial charge is 0.303 e. The van der Waals surface area contributed by atoms with Crippen LogP contribution in [0.25, 0.3) is 0 Å². The summed E-state index contributed by atoms with van der Waals surface area (Å²) < 4.78 is 11.2. The Balaban J connectivity index is 1.49. The third-order valence-electron chi connectivity index (χ3n) is 5.74. The molecule has 0 bridgehead atoms. The molecule has 1 aromatic carbocycles. The molecule has 0 saturated heterocycles. The second kappa shape index (κ2) is 10.1. The molecular formula is C22H30O7. The average molecular weight is 406 g/mol. The first-order chi connectivity index (χ1) is 14.0. The standard InChI is InChI=1S/C22H30O7/c23-16(22-28-19-8-5-6-9-20(19)29-22)12-11-15-14(17(24)13-18(15)25)7-3-1-2-4-10-21(26)27/h5-6,8-9,11-12,14-18,22-25H,1-4,7,10,13H2,(H,26,27)/b12-11+/t14-,15-,16-,17+,18-/m1/s1. The predicted molar refractivity (Wildman–Crippen MR) is 106 cm³/mol. The molecule has 0 unspecified atom stereocenters. The zero-order chi connectivity index (χ0) is 20.8. The second-order valence-corrected chi connectivity index (χ2v) is 7.88. The van der Waals surface area contributed by atoms with Crippen LogP contribution in [-0.2, 0) is 4.79 Å². The largest absolute Gasteiger partial charge is 0.481 e. The number of ether oxygens (including phenoxy) is 2. The number of unbranched alkanes of at least 4 members (excludes halogenated alkanes) is 3. The van der Waals surface area contributed by atoms with Crippen molar-refractivity contribution >= 4 is 5.97 Å². The van der Waals surface area contributed by atoms with Gasteiger partial charge in [0.15, 0.2) is 11.5 Å². The van der Waals surface area contributed by atoms with E-state index in [1.807, 2.05) is 12.1 Å². The Labute approximate surface area is 170 Å². The van der Waals surface area contributed by atoms with E-state index in [0.717, 1.165) is 25.7 Å². The number of benzene rings is 1. The van der Waals surface area contributed by atoms with Crippen LogP contribution in [-0.4, -0.2) is 51.0 Å². The van der Waals surface area contributed by atoms with E-state index in [0.29, 0.717) is 24.3 Å². The number of carboxylic acid groups (broad SMARTS) is 1. The Bertz CT molecular complexity index is 679. The van der Waals surface area contributed by atoms with Crippen molar-refractivity contribution in [1.82, 2.24) is 0 Å². The normalized spacial score (nSPS) is 27.6. The molecule has 1 saturated carbocycles. The lowest BCUT2D eigenvalue weighted by atomic mass is 9.88. The fraction of sp³-hybridized carbons (Fsp3) is 0.591. The molecule has 2 aliphatic rings. The van der Waals surface area contributed by atoms with Gasteiger partial charge in [0.05, 0.1) is 12.2 Å².